The molecule has 0 unspecified atom stereocenters. The molecule has 1 aromatic heterocycles. The van der Waals surface area contributed by atoms with Gasteiger partial charge in [0, 0.05) is 6.54 Å². The number of carbonyl (C=O) groups is 1. The van der Waals surface area contributed by atoms with Crippen molar-refractivity contribution >= 4 is 6.09 Å². The van der Waals surface area contributed by atoms with E-state index in [0.717, 1.165) is 17.4 Å². The second-order valence-electron chi connectivity index (χ2n) is 5.63. The number of ether oxygens (including phenoxy) is 1. The van der Waals surface area contributed by atoms with Gasteiger partial charge < -0.3 is 10.1 Å². The Balaban J connectivity index is 1.92. The normalized spacial score (nSPS) is 11.2. The third-order valence-electron chi connectivity index (χ3n) is 2.59. The number of hydrogen-bond donors (Lipinski definition) is 1. The molecule has 0 spiro atoms. The summed E-state index contributed by atoms with van der Waals surface area (Å²) in [5.74, 6) is -0.384. The predicted molar refractivity (Wildman–Crippen MR) is 76.6 cm³/mol. The highest BCUT2D eigenvalue weighted by molar-refractivity contribution is 5.67. The van der Waals surface area contributed by atoms with Crippen LogP contribution in [0.4, 0.5) is 9.18 Å². The van der Waals surface area contributed by atoms with E-state index in [9.17, 15) is 9.18 Å². The van der Waals surface area contributed by atoms with Gasteiger partial charge >= 0.3 is 6.09 Å². The van der Waals surface area contributed by atoms with Crippen LogP contribution in [0.3, 0.4) is 0 Å². The Bertz CT molecular complexity index is 615. The summed E-state index contributed by atoms with van der Waals surface area (Å²) < 4.78 is 19.5. The minimum Gasteiger partial charge on any atom is -0.444 e. The summed E-state index contributed by atoms with van der Waals surface area (Å²) in [6.45, 7) is 5.79. The molecular formula is C15H18FN3O2. The second kappa shape index (κ2) is 5.95. The van der Waals surface area contributed by atoms with Gasteiger partial charge in [0.15, 0.2) is 5.82 Å². The van der Waals surface area contributed by atoms with Crippen molar-refractivity contribution in [3.63, 3.8) is 0 Å². The number of amides is 1. The lowest BCUT2D eigenvalue weighted by Gasteiger charge is -2.19. The van der Waals surface area contributed by atoms with E-state index < -0.39 is 11.7 Å². The highest BCUT2D eigenvalue weighted by Gasteiger charge is 2.15. The van der Waals surface area contributed by atoms with E-state index in [0.29, 0.717) is 6.54 Å². The van der Waals surface area contributed by atoms with E-state index in [1.165, 1.54) is 10.9 Å². The Morgan fingerprint density at radius 1 is 1.33 bits per heavy atom. The Hall–Kier alpha value is -2.37. The molecule has 0 radical (unpaired) electrons. The van der Waals surface area contributed by atoms with Gasteiger partial charge in [0.2, 0.25) is 0 Å². The summed E-state index contributed by atoms with van der Waals surface area (Å²) in [6.07, 6.45) is 1.99. The first-order chi connectivity index (χ1) is 9.83. The zero-order valence-corrected chi connectivity index (χ0v) is 12.3. The number of hydrogen-bond acceptors (Lipinski definition) is 3. The fourth-order valence-corrected chi connectivity index (χ4v) is 1.70. The average molecular weight is 291 g/mol. The van der Waals surface area contributed by atoms with Gasteiger partial charge in [-0.2, -0.15) is 5.10 Å². The van der Waals surface area contributed by atoms with Crippen LogP contribution >= 0.6 is 0 Å². The molecule has 0 saturated carbocycles. The fraction of sp³-hybridized carbons (Fsp3) is 0.333. The Morgan fingerprint density at radius 2 is 2.00 bits per heavy atom. The molecule has 0 aliphatic rings. The van der Waals surface area contributed by atoms with E-state index in [2.05, 4.69) is 10.4 Å². The molecule has 0 fully saturated rings. The number of aromatic nitrogens is 2. The van der Waals surface area contributed by atoms with Gasteiger partial charge in [-0.25, -0.2) is 13.9 Å². The molecule has 1 aromatic carbocycles. The minimum atomic E-state index is -0.516. The molecule has 2 aromatic rings. The maximum absolute atomic E-state index is 12.9. The molecular weight excluding hydrogens is 273 g/mol. The second-order valence-corrected chi connectivity index (χ2v) is 5.63. The quantitative estimate of drug-likeness (QED) is 0.945. The third kappa shape index (κ3) is 4.59. The number of benzene rings is 1. The van der Waals surface area contributed by atoms with Crippen molar-refractivity contribution in [2.24, 2.45) is 0 Å². The molecule has 0 saturated heterocycles. The lowest BCUT2D eigenvalue weighted by molar-refractivity contribution is 0.0523. The van der Waals surface area contributed by atoms with Crippen LogP contribution in [0.25, 0.3) is 5.69 Å². The maximum atomic E-state index is 12.9. The van der Waals surface area contributed by atoms with E-state index in [4.69, 9.17) is 4.74 Å². The molecule has 112 valence electrons. The van der Waals surface area contributed by atoms with Gasteiger partial charge in [0.05, 0.1) is 18.1 Å². The highest BCUT2D eigenvalue weighted by atomic mass is 19.1. The Morgan fingerprint density at radius 3 is 2.52 bits per heavy atom. The molecule has 2 rings (SSSR count). The number of nitrogens with one attached hydrogen (secondary N) is 1. The van der Waals surface area contributed by atoms with Gasteiger partial charge in [-0.15, -0.1) is 0 Å². The molecule has 1 N–H and O–H groups in total. The fourth-order valence-electron chi connectivity index (χ4n) is 1.70. The minimum absolute atomic E-state index is 0.364. The smallest absolute Gasteiger partial charge is 0.407 e. The summed E-state index contributed by atoms with van der Waals surface area (Å²) in [6, 6.07) is 7.29. The number of halogens is 1. The van der Waals surface area contributed by atoms with Crippen LogP contribution in [-0.4, -0.2) is 21.5 Å². The van der Waals surface area contributed by atoms with Crippen LogP contribution in [-0.2, 0) is 11.3 Å². The molecule has 0 aliphatic heterocycles. The molecule has 5 nitrogen and oxygen atoms in total. The SMILES string of the molecule is CC(C)(C)OC(=O)NCc1ccc(-n2cc(F)cn2)cc1. The van der Waals surface area contributed by atoms with Crippen molar-refractivity contribution in [2.45, 2.75) is 32.9 Å². The van der Waals surface area contributed by atoms with E-state index in [-0.39, 0.29) is 5.82 Å². The molecule has 0 bridgehead atoms. The number of rotatable bonds is 3. The monoisotopic (exact) mass is 291 g/mol. The van der Waals surface area contributed by atoms with Crippen molar-refractivity contribution < 1.29 is 13.9 Å². The molecule has 0 atom stereocenters. The van der Waals surface area contributed by atoms with Crippen LogP contribution in [0.15, 0.2) is 36.7 Å². The Labute approximate surface area is 122 Å². The van der Waals surface area contributed by atoms with E-state index >= 15 is 0 Å². The average Bonchev–Trinajstić information content (AvgIpc) is 2.82. The van der Waals surface area contributed by atoms with E-state index in [1.807, 2.05) is 32.9 Å². The number of nitrogens with zero attached hydrogens (tertiary/aromatic N) is 2. The van der Waals surface area contributed by atoms with Crippen LogP contribution in [0, 0.1) is 5.82 Å². The summed E-state index contributed by atoms with van der Waals surface area (Å²) in [5, 5.41) is 6.56. The van der Waals surface area contributed by atoms with Gasteiger partial charge in [0.1, 0.15) is 5.60 Å². The standard InChI is InChI=1S/C15H18FN3O2/c1-15(2,3)21-14(20)17-8-11-4-6-13(7-5-11)19-10-12(16)9-18-19/h4-7,9-10H,8H2,1-3H3,(H,17,20). The molecule has 1 heterocycles. The molecule has 0 aliphatic carbocycles. The molecule has 6 heteroatoms. The van der Waals surface area contributed by atoms with E-state index in [1.54, 1.807) is 12.1 Å². The van der Waals surface area contributed by atoms with Gasteiger partial charge in [0.25, 0.3) is 0 Å². The van der Waals surface area contributed by atoms with Crippen molar-refractivity contribution in [1.29, 1.82) is 0 Å². The lowest BCUT2D eigenvalue weighted by Crippen LogP contribution is -2.32. The van der Waals surface area contributed by atoms with Gasteiger partial charge in [-0.3, -0.25) is 0 Å². The highest BCUT2D eigenvalue weighted by Crippen LogP contribution is 2.10. The lowest BCUT2D eigenvalue weighted by atomic mass is 10.2. The van der Waals surface area contributed by atoms with Crippen LogP contribution in [0.2, 0.25) is 0 Å². The number of carbonyl (C=O) groups excluding carboxylic acids is 1. The van der Waals surface area contributed by atoms with Crippen LogP contribution in [0.5, 0.6) is 0 Å². The van der Waals surface area contributed by atoms with Crippen LogP contribution in [0.1, 0.15) is 26.3 Å². The first-order valence-electron chi connectivity index (χ1n) is 6.60. The molecule has 1 amide bonds. The summed E-state index contributed by atoms with van der Waals surface area (Å²) in [4.78, 5) is 11.5. The first kappa shape index (κ1) is 15.0. The topological polar surface area (TPSA) is 56.1 Å². The maximum Gasteiger partial charge on any atom is 0.407 e. The van der Waals surface area contributed by atoms with Crippen molar-refractivity contribution in [3.05, 3.63) is 48.0 Å². The zero-order chi connectivity index (χ0) is 15.5. The predicted octanol–water partition coefficient (Wildman–Crippen LogP) is 3.04. The largest absolute Gasteiger partial charge is 0.444 e. The molecule has 21 heavy (non-hydrogen) atoms. The van der Waals surface area contributed by atoms with Gasteiger partial charge in [-0.05, 0) is 38.5 Å². The third-order valence-corrected chi connectivity index (χ3v) is 2.59. The van der Waals surface area contributed by atoms with Crippen molar-refractivity contribution in [3.8, 4) is 5.69 Å². The number of alkyl carbamates (subject to hydrolysis) is 1. The first-order valence-corrected chi connectivity index (χ1v) is 6.60. The summed E-state index contributed by atoms with van der Waals surface area (Å²) in [5.41, 5.74) is 1.15. The summed E-state index contributed by atoms with van der Waals surface area (Å²) in [7, 11) is 0. The van der Waals surface area contributed by atoms with Crippen molar-refractivity contribution in [2.75, 3.05) is 0 Å². The zero-order valence-electron chi connectivity index (χ0n) is 12.3. The van der Waals surface area contributed by atoms with Gasteiger partial charge in [-0.1, -0.05) is 12.1 Å². The van der Waals surface area contributed by atoms with Crippen molar-refractivity contribution in [1.82, 2.24) is 15.1 Å². The Kier molecular flexibility index (Phi) is 4.26. The van der Waals surface area contributed by atoms with Crippen LogP contribution < -0.4 is 5.32 Å². The summed E-state index contributed by atoms with van der Waals surface area (Å²) >= 11 is 0.